The molecule has 5 nitrogen and oxygen atoms in total. The van der Waals surface area contributed by atoms with Gasteiger partial charge in [-0.2, -0.15) is 0 Å². The molecule has 1 amide bonds. The molecule has 0 bridgehead atoms. The van der Waals surface area contributed by atoms with Crippen LogP contribution in [0.5, 0.6) is 0 Å². The van der Waals surface area contributed by atoms with Gasteiger partial charge in [-0.25, -0.2) is 0 Å². The molecule has 1 aliphatic rings. The normalized spacial score (nSPS) is 17.7. The fraction of sp³-hybridized carbons (Fsp3) is 0.312. The second-order valence-corrected chi connectivity index (χ2v) is 6.33. The summed E-state index contributed by atoms with van der Waals surface area (Å²) in [5.74, 6) is -1.42. The summed E-state index contributed by atoms with van der Waals surface area (Å²) in [5.41, 5.74) is 2.08. The van der Waals surface area contributed by atoms with E-state index in [0.29, 0.717) is 24.2 Å². The van der Waals surface area contributed by atoms with Crippen LogP contribution < -0.4 is 0 Å². The van der Waals surface area contributed by atoms with Crippen molar-refractivity contribution >= 4 is 23.2 Å². The van der Waals surface area contributed by atoms with Crippen molar-refractivity contribution in [2.75, 3.05) is 13.1 Å². The molecule has 0 aliphatic carbocycles. The number of carbonyl (C=O) groups excluding carboxylic acids is 1. The zero-order valence-electron chi connectivity index (χ0n) is 12.2. The Bertz CT molecular complexity index is 712. The molecule has 22 heavy (non-hydrogen) atoms. The van der Waals surface area contributed by atoms with E-state index >= 15 is 0 Å². The van der Waals surface area contributed by atoms with E-state index in [1.165, 1.54) is 0 Å². The lowest BCUT2D eigenvalue weighted by Crippen LogP contribution is -2.30. The van der Waals surface area contributed by atoms with Crippen molar-refractivity contribution in [3.8, 4) is 10.6 Å². The van der Waals surface area contributed by atoms with Crippen molar-refractivity contribution < 1.29 is 14.7 Å². The van der Waals surface area contributed by atoms with Crippen molar-refractivity contribution in [3.63, 3.8) is 0 Å². The summed E-state index contributed by atoms with van der Waals surface area (Å²) in [5, 5.41) is 11.0. The zero-order valence-corrected chi connectivity index (χ0v) is 13.0. The van der Waals surface area contributed by atoms with E-state index in [0.717, 1.165) is 10.6 Å². The molecule has 0 spiro atoms. The molecule has 2 aromatic heterocycles. The maximum Gasteiger partial charge on any atom is 0.308 e. The van der Waals surface area contributed by atoms with Crippen LogP contribution in [-0.4, -0.2) is 40.0 Å². The number of aromatic nitrogens is 1. The zero-order chi connectivity index (χ0) is 15.7. The third kappa shape index (κ3) is 2.74. The molecule has 6 heteroatoms. The number of thiophene rings is 1. The maximum atomic E-state index is 12.5. The van der Waals surface area contributed by atoms with Crippen molar-refractivity contribution in [1.82, 2.24) is 9.88 Å². The number of pyridine rings is 1. The first-order valence-corrected chi connectivity index (χ1v) is 7.98. The van der Waals surface area contributed by atoms with Gasteiger partial charge in [0.25, 0.3) is 5.91 Å². The van der Waals surface area contributed by atoms with E-state index in [2.05, 4.69) is 4.98 Å². The molecule has 3 rings (SSSR count). The molecule has 0 saturated carbocycles. The number of aliphatic carboxylic acids is 1. The number of aryl methyl sites for hydroxylation is 1. The third-order valence-corrected chi connectivity index (χ3v) is 4.81. The lowest BCUT2D eigenvalue weighted by atomic mass is 10.1. The van der Waals surface area contributed by atoms with Gasteiger partial charge in [-0.3, -0.25) is 14.6 Å². The van der Waals surface area contributed by atoms with Gasteiger partial charge < -0.3 is 10.0 Å². The van der Waals surface area contributed by atoms with Crippen LogP contribution in [0, 0.1) is 12.8 Å². The predicted octanol–water partition coefficient (Wildman–Crippen LogP) is 2.67. The topological polar surface area (TPSA) is 70.5 Å². The number of likely N-dealkylation sites (tertiary alicyclic amines) is 1. The first-order chi connectivity index (χ1) is 10.6. The number of carbonyl (C=O) groups is 2. The average molecular weight is 316 g/mol. The summed E-state index contributed by atoms with van der Waals surface area (Å²) in [7, 11) is 0. The highest BCUT2D eigenvalue weighted by Crippen LogP contribution is 2.25. The van der Waals surface area contributed by atoms with E-state index in [9.17, 15) is 9.59 Å². The number of carboxylic acid groups (broad SMARTS) is 1. The van der Waals surface area contributed by atoms with Gasteiger partial charge in [-0.1, -0.05) is 6.07 Å². The number of hydrogen-bond donors (Lipinski definition) is 1. The monoisotopic (exact) mass is 316 g/mol. The van der Waals surface area contributed by atoms with E-state index < -0.39 is 11.9 Å². The van der Waals surface area contributed by atoms with Crippen molar-refractivity contribution in [3.05, 3.63) is 40.9 Å². The quantitative estimate of drug-likeness (QED) is 0.945. The largest absolute Gasteiger partial charge is 0.481 e. The third-order valence-electron chi connectivity index (χ3n) is 3.91. The minimum absolute atomic E-state index is 0.133. The first kappa shape index (κ1) is 14.7. The second-order valence-electron chi connectivity index (χ2n) is 5.38. The highest BCUT2D eigenvalue weighted by Gasteiger charge is 2.31. The van der Waals surface area contributed by atoms with Gasteiger partial charge in [0.15, 0.2) is 0 Å². The number of hydrogen-bond acceptors (Lipinski definition) is 4. The smallest absolute Gasteiger partial charge is 0.308 e. The Balaban J connectivity index is 1.80. The number of rotatable bonds is 3. The molecule has 0 radical (unpaired) electrons. The Morgan fingerprint density at radius 1 is 1.36 bits per heavy atom. The minimum Gasteiger partial charge on any atom is -0.481 e. The molecule has 1 fully saturated rings. The molecular formula is C16H16N2O3S. The molecule has 1 N–H and O–H groups in total. The highest BCUT2D eigenvalue weighted by atomic mass is 32.1. The number of carboxylic acids is 1. The first-order valence-electron chi connectivity index (χ1n) is 7.10. The molecule has 1 atom stereocenters. The van der Waals surface area contributed by atoms with Crippen LogP contribution in [0.4, 0.5) is 0 Å². The summed E-state index contributed by atoms with van der Waals surface area (Å²) in [4.78, 5) is 30.7. The van der Waals surface area contributed by atoms with Gasteiger partial charge in [-0.05, 0) is 36.9 Å². The standard InChI is InChI=1S/C16H16N2O3S/c1-10-12(4-5-13(17-10)14-3-2-8-22-14)15(19)18-7-6-11(9-18)16(20)21/h2-5,8,11H,6-7,9H2,1H3,(H,20,21). The summed E-state index contributed by atoms with van der Waals surface area (Å²) >= 11 is 1.60. The lowest BCUT2D eigenvalue weighted by Gasteiger charge is -2.17. The van der Waals surface area contributed by atoms with Crippen molar-refractivity contribution in [2.45, 2.75) is 13.3 Å². The van der Waals surface area contributed by atoms with Crippen LogP contribution in [-0.2, 0) is 4.79 Å². The molecule has 3 heterocycles. The summed E-state index contributed by atoms with van der Waals surface area (Å²) < 4.78 is 0. The minimum atomic E-state index is -0.835. The molecule has 1 unspecified atom stereocenters. The van der Waals surface area contributed by atoms with Gasteiger partial charge in [0, 0.05) is 13.1 Å². The molecule has 1 saturated heterocycles. The molecule has 114 valence electrons. The summed E-state index contributed by atoms with van der Waals surface area (Å²) in [6.07, 6.45) is 0.515. The summed E-state index contributed by atoms with van der Waals surface area (Å²) in [6, 6.07) is 7.59. The van der Waals surface area contributed by atoms with Crippen LogP contribution in [0.25, 0.3) is 10.6 Å². The van der Waals surface area contributed by atoms with Crippen LogP contribution in [0.15, 0.2) is 29.6 Å². The van der Waals surface area contributed by atoms with Gasteiger partial charge in [0.2, 0.25) is 0 Å². The van der Waals surface area contributed by atoms with Crippen LogP contribution >= 0.6 is 11.3 Å². The number of amides is 1. The van der Waals surface area contributed by atoms with Crippen LogP contribution in [0.3, 0.4) is 0 Å². The van der Waals surface area contributed by atoms with E-state index in [1.807, 2.05) is 30.5 Å². The Morgan fingerprint density at radius 3 is 2.77 bits per heavy atom. The fourth-order valence-corrected chi connectivity index (χ4v) is 3.36. The predicted molar refractivity (Wildman–Crippen MR) is 83.9 cm³/mol. The highest BCUT2D eigenvalue weighted by molar-refractivity contribution is 7.13. The molecular weight excluding hydrogens is 300 g/mol. The summed E-state index contributed by atoms with van der Waals surface area (Å²) in [6.45, 7) is 2.58. The fourth-order valence-electron chi connectivity index (χ4n) is 2.67. The molecule has 1 aliphatic heterocycles. The molecule has 2 aromatic rings. The van der Waals surface area contributed by atoms with Gasteiger partial charge in [0.05, 0.1) is 27.7 Å². The second kappa shape index (κ2) is 5.88. The van der Waals surface area contributed by atoms with Crippen LogP contribution in [0.2, 0.25) is 0 Å². The Morgan fingerprint density at radius 2 is 2.18 bits per heavy atom. The van der Waals surface area contributed by atoms with E-state index in [1.54, 1.807) is 22.3 Å². The maximum absolute atomic E-state index is 12.5. The van der Waals surface area contributed by atoms with Gasteiger partial charge in [0.1, 0.15) is 0 Å². The van der Waals surface area contributed by atoms with E-state index in [4.69, 9.17) is 5.11 Å². The Hall–Kier alpha value is -2.21. The Labute approximate surface area is 132 Å². The average Bonchev–Trinajstić information content (AvgIpc) is 3.18. The van der Waals surface area contributed by atoms with Crippen molar-refractivity contribution in [2.24, 2.45) is 5.92 Å². The SMILES string of the molecule is Cc1nc(-c2cccs2)ccc1C(=O)N1CCC(C(=O)O)C1. The van der Waals surface area contributed by atoms with Gasteiger partial charge >= 0.3 is 5.97 Å². The van der Waals surface area contributed by atoms with Crippen molar-refractivity contribution in [1.29, 1.82) is 0 Å². The number of nitrogens with zero attached hydrogens (tertiary/aromatic N) is 2. The van der Waals surface area contributed by atoms with Gasteiger partial charge in [-0.15, -0.1) is 11.3 Å². The lowest BCUT2D eigenvalue weighted by molar-refractivity contribution is -0.141. The Kier molecular flexibility index (Phi) is 3.94. The van der Waals surface area contributed by atoms with Crippen LogP contribution in [0.1, 0.15) is 22.5 Å². The van der Waals surface area contributed by atoms with E-state index in [-0.39, 0.29) is 12.5 Å². The molecule has 0 aromatic carbocycles.